The van der Waals surface area contributed by atoms with E-state index in [-0.39, 0.29) is 5.91 Å². The van der Waals surface area contributed by atoms with Crippen LogP contribution in [0.5, 0.6) is 0 Å². The number of carboxylic acids is 2. The van der Waals surface area contributed by atoms with Gasteiger partial charge in [-0.3, -0.25) is 9.78 Å². The number of carboxylic acid groups (broad SMARTS) is 2. The highest BCUT2D eigenvalue weighted by Gasteiger charge is 2.38. The number of hydrogen-bond donors (Lipinski definition) is 4. The van der Waals surface area contributed by atoms with Gasteiger partial charge in [0.15, 0.2) is 0 Å². The number of nitrogens with one attached hydrogen (secondary N) is 1. The summed E-state index contributed by atoms with van der Waals surface area (Å²) in [5, 5.41) is 18.5. The van der Waals surface area contributed by atoms with Gasteiger partial charge in [-0.1, -0.05) is 17.7 Å². The van der Waals surface area contributed by atoms with Crippen LogP contribution in [-0.2, 0) is 16.0 Å². The number of aliphatic carboxylic acids is 2. The van der Waals surface area contributed by atoms with Gasteiger partial charge >= 0.3 is 24.3 Å². The molecular weight excluding hydrogens is 570 g/mol. The lowest BCUT2D eigenvalue weighted by atomic mass is 10.1. The van der Waals surface area contributed by atoms with Crippen molar-refractivity contribution in [2.75, 3.05) is 12.3 Å². The van der Waals surface area contributed by atoms with Gasteiger partial charge < -0.3 is 21.3 Å². The number of aromatic nitrogens is 2. The van der Waals surface area contributed by atoms with E-state index in [1.54, 1.807) is 12.4 Å². The second-order valence-electron chi connectivity index (χ2n) is 7.13. The lowest BCUT2D eigenvalue weighted by Crippen LogP contribution is -2.25. The van der Waals surface area contributed by atoms with Gasteiger partial charge in [0, 0.05) is 24.3 Å². The maximum atomic E-state index is 12.4. The molecule has 0 aliphatic carbocycles. The van der Waals surface area contributed by atoms with E-state index in [1.807, 2.05) is 26.0 Å². The molecule has 0 bridgehead atoms. The molecule has 9 nitrogen and oxygen atoms in total. The zero-order valence-electron chi connectivity index (χ0n) is 19.4. The summed E-state index contributed by atoms with van der Waals surface area (Å²) in [4.78, 5) is 40.0. The summed E-state index contributed by atoms with van der Waals surface area (Å²) >= 11 is 7.55. The highest BCUT2D eigenvalue weighted by molar-refractivity contribution is 7.21. The van der Waals surface area contributed by atoms with Gasteiger partial charge in [0.2, 0.25) is 0 Å². The Bertz CT molecular complexity index is 1280. The number of fused-ring (bicyclic) bond motifs is 1. The number of amides is 1. The number of pyridine rings is 2. The Hall–Kier alpha value is -3.66. The number of alkyl halides is 6. The largest absolute Gasteiger partial charge is 0.490 e. The Morgan fingerprint density at radius 2 is 1.61 bits per heavy atom. The fourth-order valence-corrected chi connectivity index (χ4v) is 3.83. The van der Waals surface area contributed by atoms with E-state index in [1.165, 1.54) is 11.3 Å². The molecule has 17 heteroatoms. The first kappa shape index (κ1) is 32.4. The molecule has 3 rings (SSSR count). The standard InChI is InChI=1S/C17H17ClN4OS.2C2HF3O2/c1-9-12-14(19)15(24-17(12)22-10(2)13(9)18)16(23)21-7-5-11-4-3-6-20-8-11;2*3-2(4,5)1(6)7/h3-4,6,8H,5,7,19H2,1-2H3,(H,21,23);2*(H,6,7). The van der Waals surface area contributed by atoms with Gasteiger partial charge in [-0.2, -0.15) is 26.3 Å². The van der Waals surface area contributed by atoms with Crippen molar-refractivity contribution in [1.29, 1.82) is 0 Å². The van der Waals surface area contributed by atoms with Crippen molar-refractivity contribution in [2.24, 2.45) is 0 Å². The van der Waals surface area contributed by atoms with Crippen molar-refractivity contribution in [1.82, 2.24) is 15.3 Å². The molecule has 0 saturated carbocycles. The monoisotopic (exact) mass is 588 g/mol. The molecule has 38 heavy (non-hydrogen) atoms. The molecule has 0 aliphatic rings. The third-order valence-electron chi connectivity index (χ3n) is 4.33. The number of hydrogen-bond acceptors (Lipinski definition) is 7. The molecule has 0 radical (unpaired) electrons. The average Bonchev–Trinajstić information content (AvgIpc) is 3.13. The Morgan fingerprint density at radius 1 is 1.08 bits per heavy atom. The lowest BCUT2D eigenvalue weighted by Gasteiger charge is -2.05. The van der Waals surface area contributed by atoms with Crippen LogP contribution in [0.1, 0.15) is 26.5 Å². The topological polar surface area (TPSA) is 156 Å². The molecule has 5 N–H and O–H groups in total. The van der Waals surface area contributed by atoms with E-state index >= 15 is 0 Å². The van der Waals surface area contributed by atoms with Crippen LogP contribution in [0.3, 0.4) is 0 Å². The second-order valence-corrected chi connectivity index (χ2v) is 8.51. The predicted molar refractivity (Wildman–Crippen MR) is 126 cm³/mol. The highest BCUT2D eigenvalue weighted by atomic mass is 35.5. The van der Waals surface area contributed by atoms with Gasteiger partial charge in [-0.15, -0.1) is 11.3 Å². The smallest absolute Gasteiger partial charge is 0.475 e. The maximum absolute atomic E-state index is 12.4. The van der Waals surface area contributed by atoms with Crippen LogP contribution < -0.4 is 11.1 Å². The Morgan fingerprint density at radius 3 is 2.05 bits per heavy atom. The number of halogens is 7. The molecule has 3 heterocycles. The third kappa shape index (κ3) is 9.33. The molecular formula is C21H19ClF6N4O5S. The van der Waals surface area contributed by atoms with E-state index in [4.69, 9.17) is 37.1 Å². The molecule has 3 aromatic rings. The summed E-state index contributed by atoms with van der Waals surface area (Å²) in [7, 11) is 0. The maximum Gasteiger partial charge on any atom is 0.490 e. The first-order valence-electron chi connectivity index (χ1n) is 9.99. The van der Waals surface area contributed by atoms with Gasteiger partial charge in [0.25, 0.3) is 5.91 Å². The second kappa shape index (κ2) is 13.2. The number of anilines is 1. The van der Waals surface area contributed by atoms with Gasteiger partial charge in [-0.05, 0) is 37.5 Å². The highest BCUT2D eigenvalue weighted by Crippen LogP contribution is 2.38. The van der Waals surface area contributed by atoms with Crippen LogP contribution in [0.2, 0.25) is 5.02 Å². The lowest BCUT2D eigenvalue weighted by molar-refractivity contribution is -0.193. The molecule has 0 spiro atoms. The Balaban J connectivity index is 0.000000426. The summed E-state index contributed by atoms with van der Waals surface area (Å²) in [6, 6.07) is 3.85. The SMILES string of the molecule is Cc1nc2sc(C(=O)NCCc3cccnc3)c(N)c2c(C)c1Cl.O=C(O)C(F)(F)F.O=C(O)C(F)(F)F. The summed E-state index contributed by atoms with van der Waals surface area (Å²) in [5.74, 6) is -5.70. The summed E-state index contributed by atoms with van der Waals surface area (Å²) in [6.45, 7) is 4.26. The summed E-state index contributed by atoms with van der Waals surface area (Å²) in [5.41, 5.74) is 9.31. The van der Waals surface area contributed by atoms with Crippen molar-refractivity contribution < 1.29 is 50.9 Å². The quantitative estimate of drug-likeness (QED) is 0.317. The van der Waals surface area contributed by atoms with Gasteiger partial charge in [0.05, 0.1) is 16.4 Å². The van der Waals surface area contributed by atoms with E-state index in [0.717, 1.165) is 27.0 Å². The number of carbonyl (C=O) groups excluding carboxylic acids is 1. The average molecular weight is 589 g/mol. The minimum absolute atomic E-state index is 0.187. The van der Waals surface area contributed by atoms with E-state index in [0.29, 0.717) is 28.6 Å². The van der Waals surface area contributed by atoms with Crippen LogP contribution in [0.4, 0.5) is 32.0 Å². The predicted octanol–water partition coefficient (Wildman–Crippen LogP) is 4.78. The van der Waals surface area contributed by atoms with Crippen LogP contribution in [0.15, 0.2) is 24.5 Å². The summed E-state index contributed by atoms with van der Waals surface area (Å²) < 4.78 is 63.5. The number of thiophene rings is 1. The zero-order valence-corrected chi connectivity index (χ0v) is 20.9. The minimum Gasteiger partial charge on any atom is -0.475 e. The number of carbonyl (C=O) groups is 3. The van der Waals surface area contributed by atoms with Crippen LogP contribution in [0, 0.1) is 13.8 Å². The molecule has 0 atom stereocenters. The number of nitrogens with zero attached hydrogens (tertiary/aromatic N) is 2. The van der Waals surface area contributed by atoms with Crippen LogP contribution in [-0.4, -0.2) is 56.9 Å². The first-order chi connectivity index (χ1) is 17.4. The molecule has 0 saturated heterocycles. The van der Waals surface area contributed by atoms with Crippen molar-refractivity contribution in [2.45, 2.75) is 32.6 Å². The zero-order chi connectivity index (χ0) is 29.4. The number of nitrogen functional groups attached to an aromatic ring is 1. The summed E-state index contributed by atoms with van der Waals surface area (Å²) in [6.07, 6.45) is -5.94. The number of aryl methyl sites for hydroxylation is 2. The Labute approximate surface area is 219 Å². The molecule has 0 fully saturated rings. The van der Waals surface area contributed by atoms with Crippen LogP contribution >= 0.6 is 22.9 Å². The number of nitrogens with two attached hydrogens (primary N) is 1. The molecule has 0 unspecified atom stereocenters. The molecule has 0 aliphatic heterocycles. The minimum atomic E-state index is -5.08. The number of rotatable bonds is 4. The first-order valence-corrected chi connectivity index (χ1v) is 11.2. The third-order valence-corrected chi connectivity index (χ3v) is 5.99. The fraction of sp³-hybridized carbons (Fsp3) is 0.286. The van der Waals surface area contributed by atoms with Crippen molar-refractivity contribution in [3.63, 3.8) is 0 Å². The van der Waals surface area contributed by atoms with Crippen molar-refractivity contribution in [3.8, 4) is 0 Å². The van der Waals surface area contributed by atoms with E-state index in [2.05, 4.69) is 15.3 Å². The molecule has 208 valence electrons. The van der Waals surface area contributed by atoms with Crippen molar-refractivity contribution in [3.05, 3.63) is 51.2 Å². The van der Waals surface area contributed by atoms with E-state index < -0.39 is 24.3 Å². The van der Waals surface area contributed by atoms with Crippen LogP contribution in [0.25, 0.3) is 10.2 Å². The normalized spacial score (nSPS) is 11.1. The molecule has 3 aromatic heterocycles. The fourth-order valence-electron chi connectivity index (χ4n) is 2.57. The van der Waals surface area contributed by atoms with Crippen molar-refractivity contribution >= 4 is 56.7 Å². The van der Waals surface area contributed by atoms with E-state index in [9.17, 15) is 31.1 Å². The molecule has 1 amide bonds. The van der Waals surface area contributed by atoms with Gasteiger partial charge in [0.1, 0.15) is 9.71 Å². The van der Waals surface area contributed by atoms with Gasteiger partial charge in [-0.25, -0.2) is 14.6 Å². The molecule has 0 aromatic carbocycles. The Kier molecular flexibility index (Phi) is 11.3.